The van der Waals surface area contributed by atoms with Crippen molar-refractivity contribution in [1.82, 2.24) is 24.9 Å². The van der Waals surface area contributed by atoms with Crippen molar-refractivity contribution in [1.29, 1.82) is 0 Å². The van der Waals surface area contributed by atoms with Crippen LogP contribution in [0.3, 0.4) is 0 Å². The number of nitrogens with one attached hydrogen (secondary N) is 2. The van der Waals surface area contributed by atoms with E-state index in [4.69, 9.17) is 5.73 Å². The van der Waals surface area contributed by atoms with Crippen LogP contribution in [0.15, 0.2) is 49.1 Å². The number of hydrogen-bond acceptors (Lipinski definition) is 8. The van der Waals surface area contributed by atoms with Crippen LogP contribution in [0.5, 0.6) is 0 Å². The lowest BCUT2D eigenvalue weighted by Crippen LogP contribution is -2.19. The first-order chi connectivity index (χ1) is 12.1. The number of anilines is 3. The minimum Gasteiger partial charge on any atom is -0.368 e. The quantitative estimate of drug-likeness (QED) is 0.632. The summed E-state index contributed by atoms with van der Waals surface area (Å²) in [7, 11) is 0. The predicted octanol–water partition coefficient (Wildman–Crippen LogP) is 0.748. The molecule has 0 atom stereocenters. The van der Waals surface area contributed by atoms with E-state index in [2.05, 4.69) is 35.6 Å². The normalized spacial score (nSPS) is 10.1. The highest BCUT2D eigenvalue weighted by molar-refractivity contribution is 6.04. The van der Waals surface area contributed by atoms with Gasteiger partial charge in [-0.15, -0.1) is 0 Å². The van der Waals surface area contributed by atoms with Gasteiger partial charge in [-0.25, -0.2) is 0 Å². The summed E-state index contributed by atoms with van der Waals surface area (Å²) < 4.78 is 0. The number of pyridine rings is 2. The summed E-state index contributed by atoms with van der Waals surface area (Å²) in [6.07, 6.45) is 5.88. The fourth-order valence-electron chi connectivity index (χ4n) is 1.85. The first-order valence-electron chi connectivity index (χ1n) is 7.06. The number of aromatic nitrogens is 5. The van der Waals surface area contributed by atoms with E-state index in [1.165, 1.54) is 12.4 Å². The van der Waals surface area contributed by atoms with Gasteiger partial charge in [0, 0.05) is 24.8 Å². The van der Waals surface area contributed by atoms with Crippen molar-refractivity contribution < 1.29 is 9.59 Å². The topological polar surface area (TPSA) is 149 Å². The first-order valence-corrected chi connectivity index (χ1v) is 7.06. The van der Waals surface area contributed by atoms with Gasteiger partial charge in [0.2, 0.25) is 17.8 Å². The Morgan fingerprint density at radius 3 is 1.68 bits per heavy atom. The molecule has 0 aliphatic rings. The van der Waals surface area contributed by atoms with Crippen LogP contribution >= 0.6 is 0 Å². The van der Waals surface area contributed by atoms with Crippen LogP contribution in [0.1, 0.15) is 20.7 Å². The molecule has 10 heteroatoms. The number of amides is 2. The molecular formula is C15H12N8O2. The predicted molar refractivity (Wildman–Crippen MR) is 88.6 cm³/mol. The highest BCUT2D eigenvalue weighted by atomic mass is 16.2. The Hall–Kier alpha value is -3.95. The van der Waals surface area contributed by atoms with Crippen molar-refractivity contribution in [2.75, 3.05) is 16.4 Å². The second kappa shape index (κ2) is 7.08. The Morgan fingerprint density at radius 1 is 0.800 bits per heavy atom. The molecule has 3 aromatic rings. The van der Waals surface area contributed by atoms with Crippen molar-refractivity contribution in [3.63, 3.8) is 0 Å². The van der Waals surface area contributed by atoms with E-state index in [1.807, 2.05) is 0 Å². The molecule has 0 aromatic carbocycles. The number of nitrogen functional groups attached to an aromatic ring is 1. The number of rotatable bonds is 4. The van der Waals surface area contributed by atoms with E-state index < -0.39 is 11.8 Å². The van der Waals surface area contributed by atoms with Gasteiger partial charge < -0.3 is 5.73 Å². The molecular weight excluding hydrogens is 324 g/mol. The van der Waals surface area contributed by atoms with Crippen molar-refractivity contribution in [3.8, 4) is 0 Å². The van der Waals surface area contributed by atoms with E-state index in [-0.39, 0.29) is 17.8 Å². The molecule has 0 bridgehead atoms. The Bertz CT molecular complexity index is 830. The Kier molecular flexibility index (Phi) is 4.51. The van der Waals surface area contributed by atoms with Gasteiger partial charge in [0.25, 0.3) is 11.8 Å². The van der Waals surface area contributed by atoms with Crippen LogP contribution in [0.25, 0.3) is 0 Å². The highest BCUT2D eigenvalue weighted by Crippen LogP contribution is 2.10. The molecule has 10 nitrogen and oxygen atoms in total. The molecule has 3 aromatic heterocycles. The van der Waals surface area contributed by atoms with Crippen LogP contribution in [0.2, 0.25) is 0 Å². The maximum atomic E-state index is 12.1. The Labute approximate surface area is 141 Å². The molecule has 124 valence electrons. The standard InChI is InChI=1S/C15H12N8O2/c16-13-21-14(19-11(24)9-3-1-5-17-7-9)23-15(22-13)20-12(25)10-4-2-6-18-8-10/h1-8H,(H4,16,19,20,21,22,23,24,25). The van der Waals surface area contributed by atoms with Gasteiger partial charge in [-0.05, 0) is 24.3 Å². The van der Waals surface area contributed by atoms with E-state index >= 15 is 0 Å². The van der Waals surface area contributed by atoms with Gasteiger partial charge in [-0.2, -0.15) is 15.0 Å². The van der Waals surface area contributed by atoms with Gasteiger partial charge >= 0.3 is 0 Å². The largest absolute Gasteiger partial charge is 0.368 e. The molecule has 0 unspecified atom stereocenters. The van der Waals surface area contributed by atoms with Gasteiger partial charge in [-0.1, -0.05) is 0 Å². The highest BCUT2D eigenvalue weighted by Gasteiger charge is 2.13. The average Bonchev–Trinajstić information content (AvgIpc) is 2.62. The third kappa shape index (κ3) is 4.07. The molecule has 0 radical (unpaired) electrons. The van der Waals surface area contributed by atoms with Crippen LogP contribution in [0, 0.1) is 0 Å². The molecule has 0 aliphatic heterocycles. The van der Waals surface area contributed by atoms with Crippen molar-refractivity contribution >= 4 is 29.7 Å². The zero-order valence-corrected chi connectivity index (χ0v) is 12.7. The third-order valence-corrected chi connectivity index (χ3v) is 2.95. The van der Waals surface area contributed by atoms with Gasteiger partial charge in [-0.3, -0.25) is 30.2 Å². The Balaban J connectivity index is 1.76. The van der Waals surface area contributed by atoms with Crippen LogP contribution < -0.4 is 16.4 Å². The lowest BCUT2D eigenvalue weighted by molar-refractivity contribution is 0.101. The molecule has 0 fully saturated rings. The summed E-state index contributed by atoms with van der Waals surface area (Å²) in [6, 6.07) is 6.41. The fourth-order valence-corrected chi connectivity index (χ4v) is 1.85. The summed E-state index contributed by atoms with van der Waals surface area (Å²) in [5.74, 6) is -1.28. The molecule has 0 saturated carbocycles. The molecule has 2 amide bonds. The number of nitrogens with two attached hydrogens (primary N) is 1. The number of nitrogens with zero attached hydrogens (tertiary/aromatic N) is 5. The summed E-state index contributed by atoms with van der Waals surface area (Å²) >= 11 is 0. The zero-order chi connectivity index (χ0) is 17.6. The van der Waals surface area contributed by atoms with Crippen molar-refractivity contribution in [3.05, 3.63) is 60.2 Å². The molecule has 25 heavy (non-hydrogen) atoms. The molecule has 3 heterocycles. The van der Waals surface area contributed by atoms with Crippen molar-refractivity contribution in [2.24, 2.45) is 0 Å². The molecule has 0 spiro atoms. The van der Waals surface area contributed by atoms with Gasteiger partial charge in [0.05, 0.1) is 11.1 Å². The summed E-state index contributed by atoms with van der Waals surface area (Å²) in [4.78, 5) is 43.5. The minimum atomic E-state index is -0.469. The fraction of sp³-hybridized carbons (Fsp3) is 0. The van der Waals surface area contributed by atoms with E-state index in [9.17, 15) is 9.59 Å². The minimum absolute atomic E-state index is 0.0946. The smallest absolute Gasteiger partial charge is 0.259 e. The summed E-state index contributed by atoms with van der Waals surface area (Å²) in [5.41, 5.74) is 6.24. The van der Waals surface area contributed by atoms with E-state index in [0.29, 0.717) is 11.1 Å². The second-order valence-corrected chi connectivity index (χ2v) is 4.73. The number of carbonyl (C=O) groups is 2. The van der Waals surface area contributed by atoms with Crippen molar-refractivity contribution in [2.45, 2.75) is 0 Å². The number of hydrogen-bond donors (Lipinski definition) is 3. The number of carbonyl (C=O) groups excluding carboxylic acids is 2. The Morgan fingerprint density at radius 2 is 1.28 bits per heavy atom. The van der Waals surface area contributed by atoms with Crippen LogP contribution in [-0.2, 0) is 0 Å². The van der Waals surface area contributed by atoms with Crippen LogP contribution in [-0.4, -0.2) is 36.7 Å². The SMILES string of the molecule is Nc1nc(NC(=O)c2cccnc2)nc(NC(=O)c2cccnc2)n1. The summed E-state index contributed by atoms with van der Waals surface area (Å²) in [6.45, 7) is 0. The van der Waals surface area contributed by atoms with Gasteiger partial charge in [0.15, 0.2) is 0 Å². The van der Waals surface area contributed by atoms with Crippen LogP contribution in [0.4, 0.5) is 17.8 Å². The first kappa shape index (κ1) is 15.9. The zero-order valence-electron chi connectivity index (χ0n) is 12.7. The second-order valence-electron chi connectivity index (χ2n) is 4.73. The van der Waals surface area contributed by atoms with Gasteiger partial charge in [0.1, 0.15) is 0 Å². The maximum Gasteiger partial charge on any atom is 0.259 e. The lowest BCUT2D eigenvalue weighted by Gasteiger charge is -2.07. The third-order valence-electron chi connectivity index (χ3n) is 2.95. The average molecular weight is 336 g/mol. The molecule has 0 aliphatic carbocycles. The summed E-state index contributed by atoms with van der Waals surface area (Å²) in [5, 5.41) is 4.94. The lowest BCUT2D eigenvalue weighted by atomic mass is 10.3. The maximum absolute atomic E-state index is 12.1. The molecule has 3 rings (SSSR count). The van der Waals surface area contributed by atoms with E-state index in [0.717, 1.165) is 0 Å². The van der Waals surface area contributed by atoms with E-state index in [1.54, 1.807) is 36.7 Å². The molecule has 0 saturated heterocycles. The molecule has 4 N–H and O–H groups in total. The monoisotopic (exact) mass is 336 g/mol.